The van der Waals surface area contributed by atoms with Gasteiger partial charge in [0.1, 0.15) is 12.3 Å². The lowest BCUT2D eigenvalue weighted by molar-refractivity contribution is -0.143. The van der Waals surface area contributed by atoms with Crippen molar-refractivity contribution in [2.45, 2.75) is 46.5 Å². The smallest absolute Gasteiger partial charge is 0.306 e. The Labute approximate surface area is 177 Å². The maximum atomic E-state index is 12.8. The highest BCUT2D eigenvalue weighted by atomic mass is 16.5. The van der Waals surface area contributed by atoms with Crippen molar-refractivity contribution in [3.63, 3.8) is 0 Å². The van der Waals surface area contributed by atoms with Gasteiger partial charge in [-0.15, -0.1) is 0 Å². The van der Waals surface area contributed by atoms with Gasteiger partial charge in [0.2, 0.25) is 5.91 Å². The summed E-state index contributed by atoms with van der Waals surface area (Å²) in [4.78, 5) is 52.4. The Morgan fingerprint density at radius 1 is 1.10 bits per heavy atom. The molecule has 1 aromatic carbocycles. The Morgan fingerprint density at radius 3 is 2.43 bits per heavy atom. The summed E-state index contributed by atoms with van der Waals surface area (Å²) in [5.41, 5.74) is 0.752. The molecule has 2 amide bonds. The first-order valence-corrected chi connectivity index (χ1v) is 10.4. The number of carbonyl (C=O) groups excluding carboxylic acids is 4. The third-order valence-electron chi connectivity index (χ3n) is 4.72. The van der Waals surface area contributed by atoms with Crippen LogP contribution >= 0.6 is 0 Å². The number of ether oxygens (including phenoxy) is 2. The monoisotopic (exact) mass is 418 g/mol. The van der Waals surface area contributed by atoms with Crippen molar-refractivity contribution in [2.75, 3.05) is 37.7 Å². The van der Waals surface area contributed by atoms with E-state index in [2.05, 4.69) is 0 Å². The maximum absolute atomic E-state index is 12.8. The second kappa shape index (κ2) is 11.3. The second-order valence-electron chi connectivity index (χ2n) is 7.06. The fourth-order valence-electron chi connectivity index (χ4n) is 3.28. The number of Topliss-reactive ketones (excluding diaryl/α,β-unsaturated/α-hetero) is 1. The number of amides is 2. The predicted molar refractivity (Wildman–Crippen MR) is 112 cm³/mol. The van der Waals surface area contributed by atoms with Gasteiger partial charge in [-0.1, -0.05) is 13.8 Å². The molecule has 8 nitrogen and oxygen atoms in total. The van der Waals surface area contributed by atoms with Gasteiger partial charge in [0, 0.05) is 25.1 Å². The molecule has 0 fully saturated rings. The number of fused-ring (bicyclic) bond motifs is 1. The predicted octanol–water partition coefficient (Wildman–Crippen LogP) is 2.59. The molecule has 1 heterocycles. The molecule has 2 rings (SSSR count). The first-order chi connectivity index (χ1) is 14.4. The lowest BCUT2D eigenvalue weighted by Crippen LogP contribution is -2.47. The minimum absolute atomic E-state index is 0.00608. The van der Waals surface area contributed by atoms with E-state index in [0.29, 0.717) is 30.1 Å². The highest BCUT2D eigenvalue weighted by Crippen LogP contribution is 2.33. The molecule has 0 unspecified atom stereocenters. The fourth-order valence-corrected chi connectivity index (χ4v) is 3.28. The van der Waals surface area contributed by atoms with Crippen molar-refractivity contribution in [3.8, 4) is 5.75 Å². The van der Waals surface area contributed by atoms with Crippen LogP contribution in [0.1, 0.15) is 56.8 Å². The van der Waals surface area contributed by atoms with E-state index < -0.39 is 5.97 Å². The molecule has 0 bridgehead atoms. The van der Waals surface area contributed by atoms with Crippen LogP contribution in [0.15, 0.2) is 18.2 Å². The zero-order chi connectivity index (χ0) is 22.1. The number of anilines is 1. The first-order valence-electron chi connectivity index (χ1n) is 10.4. The summed E-state index contributed by atoms with van der Waals surface area (Å²) in [6, 6.07) is 4.77. The third-order valence-corrected chi connectivity index (χ3v) is 4.72. The van der Waals surface area contributed by atoms with Crippen LogP contribution in [0.3, 0.4) is 0 Å². The SMILES string of the molecule is CCCN(CCC)C(=O)CN1C(=O)COc2ccc(C(=O)CCC(=O)OCC)cc21. The summed E-state index contributed by atoms with van der Waals surface area (Å²) < 4.78 is 10.3. The quantitative estimate of drug-likeness (QED) is 0.405. The molecule has 0 radical (unpaired) electrons. The van der Waals surface area contributed by atoms with Crippen LogP contribution < -0.4 is 9.64 Å². The molecular weight excluding hydrogens is 388 g/mol. The molecule has 1 aliphatic heterocycles. The van der Waals surface area contributed by atoms with Crippen molar-refractivity contribution < 1.29 is 28.7 Å². The average Bonchev–Trinajstić information content (AvgIpc) is 2.73. The largest absolute Gasteiger partial charge is 0.482 e. The Kier molecular flexibility index (Phi) is 8.83. The van der Waals surface area contributed by atoms with Gasteiger partial charge in [-0.3, -0.25) is 24.1 Å². The number of benzene rings is 1. The van der Waals surface area contributed by atoms with E-state index in [1.165, 1.54) is 4.90 Å². The molecule has 30 heavy (non-hydrogen) atoms. The van der Waals surface area contributed by atoms with Crippen molar-refractivity contribution in [1.29, 1.82) is 0 Å². The molecular formula is C22H30N2O6. The topological polar surface area (TPSA) is 93.2 Å². The van der Waals surface area contributed by atoms with Crippen LogP contribution in [0.25, 0.3) is 0 Å². The number of nitrogens with zero attached hydrogens (tertiary/aromatic N) is 2. The van der Waals surface area contributed by atoms with Crippen LogP contribution in [0, 0.1) is 0 Å². The molecule has 0 N–H and O–H groups in total. The minimum Gasteiger partial charge on any atom is -0.482 e. The summed E-state index contributed by atoms with van der Waals surface area (Å²) in [6.07, 6.45) is 1.66. The summed E-state index contributed by atoms with van der Waals surface area (Å²) in [5.74, 6) is -0.698. The zero-order valence-electron chi connectivity index (χ0n) is 17.9. The minimum atomic E-state index is -0.429. The van der Waals surface area contributed by atoms with Crippen molar-refractivity contribution in [2.24, 2.45) is 0 Å². The van der Waals surface area contributed by atoms with Gasteiger partial charge in [-0.25, -0.2) is 0 Å². The van der Waals surface area contributed by atoms with Crippen LogP contribution in [0.5, 0.6) is 5.75 Å². The molecule has 0 spiro atoms. The Morgan fingerprint density at radius 2 is 1.80 bits per heavy atom. The molecule has 1 aliphatic rings. The van der Waals surface area contributed by atoms with Gasteiger partial charge in [0.05, 0.1) is 18.7 Å². The molecule has 0 saturated carbocycles. The Hall–Kier alpha value is -2.90. The maximum Gasteiger partial charge on any atom is 0.306 e. The van der Waals surface area contributed by atoms with Gasteiger partial charge in [-0.2, -0.15) is 0 Å². The molecule has 1 aromatic rings. The van der Waals surface area contributed by atoms with Crippen molar-refractivity contribution in [3.05, 3.63) is 23.8 Å². The number of carbonyl (C=O) groups is 4. The summed E-state index contributed by atoms with van der Waals surface area (Å²) >= 11 is 0. The average molecular weight is 418 g/mol. The van der Waals surface area contributed by atoms with Gasteiger partial charge < -0.3 is 14.4 Å². The summed E-state index contributed by atoms with van der Waals surface area (Å²) in [5, 5.41) is 0. The zero-order valence-corrected chi connectivity index (χ0v) is 17.9. The third kappa shape index (κ3) is 6.05. The van der Waals surface area contributed by atoms with Gasteiger partial charge in [0.15, 0.2) is 12.4 Å². The lowest BCUT2D eigenvalue weighted by atomic mass is 10.0. The summed E-state index contributed by atoms with van der Waals surface area (Å²) in [6.45, 7) is 6.97. The van der Waals surface area contributed by atoms with Crippen LogP contribution in [-0.4, -0.2) is 61.3 Å². The molecule has 0 atom stereocenters. The molecule has 0 aliphatic carbocycles. The van der Waals surface area contributed by atoms with Gasteiger partial charge in [0.25, 0.3) is 5.91 Å². The highest BCUT2D eigenvalue weighted by Gasteiger charge is 2.29. The molecule has 164 valence electrons. The molecule has 0 aromatic heterocycles. The lowest BCUT2D eigenvalue weighted by Gasteiger charge is -2.31. The number of rotatable bonds is 11. The van der Waals surface area contributed by atoms with E-state index in [0.717, 1.165) is 12.8 Å². The number of ketones is 1. The van der Waals surface area contributed by atoms with Crippen molar-refractivity contribution in [1.82, 2.24) is 4.90 Å². The van der Waals surface area contributed by atoms with E-state index in [9.17, 15) is 19.2 Å². The number of hydrogen-bond acceptors (Lipinski definition) is 6. The number of esters is 1. The first kappa shape index (κ1) is 23.4. The van der Waals surface area contributed by atoms with E-state index in [1.54, 1.807) is 30.0 Å². The van der Waals surface area contributed by atoms with Gasteiger partial charge >= 0.3 is 5.97 Å². The highest BCUT2D eigenvalue weighted by molar-refractivity contribution is 6.04. The van der Waals surface area contributed by atoms with Gasteiger partial charge in [-0.05, 0) is 38.0 Å². The fraction of sp³-hybridized carbons (Fsp3) is 0.545. The number of hydrogen-bond donors (Lipinski definition) is 0. The van der Waals surface area contributed by atoms with E-state index in [4.69, 9.17) is 9.47 Å². The Bertz CT molecular complexity index is 786. The second-order valence-corrected chi connectivity index (χ2v) is 7.06. The van der Waals surface area contributed by atoms with Crippen molar-refractivity contribution >= 4 is 29.3 Å². The summed E-state index contributed by atoms with van der Waals surface area (Å²) in [7, 11) is 0. The molecule has 0 saturated heterocycles. The van der Waals surface area contributed by atoms with E-state index >= 15 is 0 Å². The van der Waals surface area contributed by atoms with E-state index in [1.807, 2.05) is 13.8 Å². The normalized spacial score (nSPS) is 12.8. The molecule has 8 heteroatoms. The van der Waals surface area contributed by atoms with Crippen LogP contribution in [0.2, 0.25) is 0 Å². The van der Waals surface area contributed by atoms with Crippen LogP contribution in [0.4, 0.5) is 5.69 Å². The Balaban J connectivity index is 2.18. The van der Waals surface area contributed by atoms with Crippen LogP contribution in [-0.2, 0) is 19.1 Å². The van der Waals surface area contributed by atoms with E-state index in [-0.39, 0.29) is 50.2 Å². The standard InChI is InChI=1S/C22H30N2O6/c1-4-11-23(12-5-2)20(26)14-24-17-13-16(7-9-19(17)30-15-21(24)27)18(25)8-10-22(28)29-6-3/h7,9,13H,4-6,8,10-12,14-15H2,1-3H3.